The quantitative estimate of drug-likeness (QED) is 0.507. The summed E-state index contributed by atoms with van der Waals surface area (Å²) in [5.41, 5.74) is 1.86. The van der Waals surface area contributed by atoms with E-state index < -0.39 is 0 Å². The number of carbonyl (C=O) groups is 1. The second-order valence-corrected chi connectivity index (χ2v) is 8.54. The van der Waals surface area contributed by atoms with Gasteiger partial charge >= 0.3 is 0 Å². The van der Waals surface area contributed by atoms with Crippen LogP contribution >= 0.6 is 0 Å². The molecule has 2 aliphatic rings. The number of ether oxygens (including phenoxy) is 2. The molecular formula is C24H38N4O3. The molecule has 2 saturated heterocycles. The summed E-state index contributed by atoms with van der Waals surface area (Å²) >= 11 is 0. The Hall–Kier alpha value is -2.12. The van der Waals surface area contributed by atoms with Gasteiger partial charge in [-0.3, -0.25) is 9.79 Å². The molecule has 7 heteroatoms. The van der Waals surface area contributed by atoms with Crippen molar-refractivity contribution in [3.05, 3.63) is 35.4 Å². The molecule has 2 fully saturated rings. The standard InChI is InChI=1S/C24H38N4O3/c1-4-25-24(26-13-10-19-7-5-8-20(17-19)23(29)27(2)3)28-14-11-21(12-15-28)31-18-22-9-6-16-30-22/h5,7-8,17,21-22H,4,6,9-16,18H2,1-3H3,(H,25,26). The lowest BCUT2D eigenvalue weighted by Gasteiger charge is -2.34. The van der Waals surface area contributed by atoms with Crippen molar-refractivity contribution < 1.29 is 14.3 Å². The van der Waals surface area contributed by atoms with Crippen LogP contribution < -0.4 is 5.32 Å². The van der Waals surface area contributed by atoms with Crippen LogP contribution in [0.25, 0.3) is 0 Å². The molecule has 0 saturated carbocycles. The van der Waals surface area contributed by atoms with Crippen molar-refractivity contribution in [1.82, 2.24) is 15.1 Å². The van der Waals surface area contributed by atoms with Crippen molar-refractivity contribution >= 4 is 11.9 Å². The van der Waals surface area contributed by atoms with Crippen molar-refractivity contribution in [1.29, 1.82) is 0 Å². The highest BCUT2D eigenvalue weighted by atomic mass is 16.5. The summed E-state index contributed by atoms with van der Waals surface area (Å²) in [4.78, 5) is 21.0. The van der Waals surface area contributed by atoms with E-state index in [-0.39, 0.29) is 5.91 Å². The van der Waals surface area contributed by atoms with Crippen molar-refractivity contribution in [3.8, 4) is 0 Å². The maximum absolute atomic E-state index is 12.2. The van der Waals surface area contributed by atoms with Gasteiger partial charge in [-0.05, 0) is 56.7 Å². The Bertz CT molecular complexity index is 723. The number of hydrogen-bond donors (Lipinski definition) is 1. The first kappa shape index (κ1) is 23.5. The van der Waals surface area contributed by atoms with Crippen molar-refractivity contribution in [2.45, 2.75) is 51.2 Å². The third-order valence-corrected chi connectivity index (χ3v) is 5.86. The Balaban J connectivity index is 1.48. The van der Waals surface area contributed by atoms with E-state index in [2.05, 4.69) is 23.2 Å². The summed E-state index contributed by atoms with van der Waals surface area (Å²) in [6.07, 6.45) is 5.75. The van der Waals surface area contributed by atoms with E-state index in [1.54, 1.807) is 19.0 Å². The third kappa shape index (κ3) is 7.21. The highest BCUT2D eigenvalue weighted by Crippen LogP contribution is 2.18. The Morgan fingerprint density at radius 2 is 2.10 bits per heavy atom. The molecule has 2 aliphatic heterocycles. The number of benzene rings is 1. The number of carbonyl (C=O) groups excluding carboxylic acids is 1. The van der Waals surface area contributed by atoms with Gasteiger partial charge < -0.3 is 24.6 Å². The van der Waals surface area contributed by atoms with Crippen LogP contribution in [-0.4, -0.2) is 87.4 Å². The van der Waals surface area contributed by atoms with E-state index >= 15 is 0 Å². The van der Waals surface area contributed by atoms with Crippen LogP contribution in [0.15, 0.2) is 29.3 Å². The van der Waals surface area contributed by atoms with E-state index in [0.717, 1.165) is 82.0 Å². The minimum absolute atomic E-state index is 0.0308. The molecule has 0 aliphatic carbocycles. The molecular weight excluding hydrogens is 392 g/mol. The number of nitrogens with one attached hydrogen (secondary N) is 1. The van der Waals surface area contributed by atoms with Gasteiger partial charge in [-0.1, -0.05) is 12.1 Å². The van der Waals surface area contributed by atoms with Crippen LogP contribution in [-0.2, 0) is 15.9 Å². The van der Waals surface area contributed by atoms with Crippen molar-refractivity contribution in [2.24, 2.45) is 4.99 Å². The average Bonchev–Trinajstić information content (AvgIpc) is 3.31. The smallest absolute Gasteiger partial charge is 0.253 e. The van der Waals surface area contributed by atoms with Gasteiger partial charge in [0.1, 0.15) is 0 Å². The van der Waals surface area contributed by atoms with E-state index in [9.17, 15) is 4.79 Å². The Morgan fingerprint density at radius 1 is 1.29 bits per heavy atom. The topological polar surface area (TPSA) is 66.4 Å². The fourth-order valence-electron chi connectivity index (χ4n) is 4.09. The first-order chi connectivity index (χ1) is 15.1. The minimum atomic E-state index is 0.0308. The lowest BCUT2D eigenvalue weighted by atomic mass is 10.1. The molecule has 0 bridgehead atoms. The van der Waals surface area contributed by atoms with E-state index in [1.165, 1.54) is 0 Å². The number of nitrogens with zero attached hydrogens (tertiary/aromatic N) is 3. The second kappa shape index (κ2) is 12.1. The van der Waals surface area contributed by atoms with Crippen LogP contribution in [0.3, 0.4) is 0 Å². The van der Waals surface area contributed by atoms with Crippen LogP contribution in [0.5, 0.6) is 0 Å². The van der Waals surface area contributed by atoms with Crippen LogP contribution in [0, 0.1) is 0 Å². The van der Waals surface area contributed by atoms with Gasteiger partial charge in [-0.25, -0.2) is 0 Å². The van der Waals surface area contributed by atoms with E-state index in [0.29, 0.717) is 18.8 Å². The number of likely N-dealkylation sites (tertiary alicyclic amines) is 1. The van der Waals surface area contributed by atoms with Gasteiger partial charge in [0.25, 0.3) is 5.91 Å². The number of hydrogen-bond acceptors (Lipinski definition) is 4. The molecule has 1 atom stereocenters. The summed E-state index contributed by atoms with van der Waals surface area (Å²) in [5, 5.41) is 3.43. The fourth-order valence-corrected chi connectivity index (χ4v) is 4.09. The average molecular weight is 431 g/mol. The predicted molar refractivity (Wildman–Crippen MR) is 124 cm³/mol. The molecule has 2 heterocycles. The zero-order chi connectivity index (χ0) is 22.1. The highest BCUT2D eigenvalue weighted by molar-refractivity contribution is 5.94. The lowest BCUT2D eigenvalue weighted by molar-refractivity contribution is -0.0367. The maximum atomic E-state index is 12.2. The summed E-state index contributed by atoms with van der Waals surface area (Å²) in [6, 6.07) is 7.85. The van der Waals surface area contributed by atoms with Crippen LogP contribution in [0.2, 0.25) is 0 Å². The second-order valence-electron chi connectivity index (χ2n) is 8.54. The monoisotopic (exact) mass is 430 g/mol. The van der Waals surface area contributed by atoms with E-state index in [1.807, 2.05) is 18.2 Å². The molecule has 1 aromatic rings. The number of guanidine groups is 1. The van der Waals surface area contributed by atoms with Crippen molar-refractivity contribution in [3.63, 3.8) is 0 Å². The molecule has 0 aromatic heterocycles. The lowest BCUT2D eigenvalue weighted by Crippen LogP contribution is -2.47. The zero-order valence-electron chi connectivity index (χ0n) is 19.3. The van der Waals surface area contributed by atoms with Gasteiger partial charge in [0.05, 0.1) is 18.8 Å². The number of amides is 1. The van der Waals surface area contributed by atoms with Gasteiger partial charge in [0.15, 0.2) is 5.96 Å². The van der Waals surface area contributed by atoms with Gasteiger partial charge in [-0.15, -0.1) is 0 Å². The molecule has 0 spiro atoms. The Labute approximate surface area is 186 Å². The van der Waals surface area contributed by atoms with Gasteiger partial charge in [0, 0.05) is 52.4 Å². The summed E-state index contributed by atoms with van der Waals surface area (Å²) in [5.74, 6) is 1.00. The Kier molecular flexibility index (Phi) is 9.15. The molecule has 31 heavy (non-hydrogen) atoms. The molecule has 1 unspecified atom stereocenters. The normalized spacial score (nSPS) is 20.2. The zero-order valence-corrected chi connectivity index (χ0v) is 19.3. The molecule has 0 radical (unpaired) electrons. The molecule has 1 aromatic carbocycles. The third-order valence-electron chi connectivity index (χ3n) is 5.86. The first-order valence-electron chi connectivity index (χ1n) is 11.6. The molecule has 7 nitrogen and oxygen atoms in total. The number of aliphatic imine (C=N–C) groups is 1. The summed E-state index contributed by atoms with van der Waals surface area (Å²) in [6.45, 7) is 7.16. The molecule has 1 N–H and O–H groups in total. The highest BCUT2D eigenvalue weighted by Gasteiger charge is 2.24. The fraction of sp³-hybridized carbons (Fsp3) is 0.667. The molecule has 1 amide bonds. The van der Waals surface area contributed by atoms with Crippen LogP contribution in [0.4, 0.5) is 0 Å². The first-order valence-corrected chi connectivity index (χ1v) is 11.6. The maximum Gasteiger partial charge on any atom is 0.253 e. The summed E-state index contributed by atoms with van der Waals surface area (Å²) < 4.78 is 11.8. The minimum Gasteiger partial charge on any atom is -0.376 e. The van der Waals surface area contributed by atoms with E-state index in [4.69, 9.17) is 14.5 Å². The largest absolute Gasteiger partial charge is 0.376 e. The van der Waals surface area contributed by atoms with Gasteiger partial charge in [-0.2, -0.15) is 0 Å². The molecule has 3 rings (SSSR count). The van der Waals surface area contributed by atoms with Crippen molar-refractivity contribution in [2.75, 3.05) is 53.5 Å². The van der Waals surface area contributed by atoms with Gasteiger partial charge in [0.2, 0.25) is 0 Å². The predicted octanol–water partition coefficient (Wildman–Crippen LogP) is 2.56. The Morgan fingerprint density at radius 3 is 2.77 bits per heavy atom. The SMILES string of the molecule is CCNC(=NCCc1cccc(C(=O)N(C)C)c1)N1CCC(OCC2CCCO2)CC1. The van der Waals surface area contributed by atoms with Crippen LogP contribution in [0.1, 0.15) is 48.5 Å². The number of rotatable bonds is 8. The summed E-state index contributed by atoms with van der Waals surface area (Å²) in [7, 11) is 3.55. The number of piperidine rings is 1. The molecule has 172 valence electrons.